The molecule has 1 unspecified atom stereocenters. The van der Waals surface area contributed by atoms with E-state index in [1.54, 1.807) is 0 Å². The maximum Gasteiger partial charge on any atom is 0.240 e. The van der Waals surface area contributed by atoms with Crippen LogP contribution in [0.4, 0.5) is 0 Å². The van der Waals surface area contributed by atoms with E-state index in [2.05, 4.69) is 24.1 Å². The van der Waals surface area contributed by atoms with Gasteiger partial charge < -0.3 is 10.2 Å². The highest BCUT2D eigenvalue weighted by Gasteiger charge is 2.40. The molecule has 1 N–H and O–H groups in total. The van der Waals surface area contributed by atoms with Crippen molar-refractivity contribution in [3.63, 3.8) is 0 Å². The number of piperidine rings is 1. The lowest BCUT2D eigenvalue weighted by Gasteiger charge is -2.47. The van der Waals surface area contributed by atoms with Gasteiger partial charge in [-0.3, -0.25) is 4.79 Å². The maximum atomic E-state index is 12.6. The molecule has 18 heavy (non-hydrogen) atoms. The Balaban J connectivity index is 2.00. The van der Waals surface area contributed by atoms with Gasteiger partial charge in [-0.05, 0) is 45.6 Å². The maximum absolute atomic E-state index is 12.6. The lowest BCUT2D eigenvalue weighted by Crippen LogP contribution is -2.59. The van der Waals surface area contributed by atoms with Crippen molar-refractivity contribution in [1.82, 2.24) is 10.2 Å². The first kappa shape index (κ1) is 13.9. The van der Waals surface area contributed by atoms with Crippen LogP contribution in [0.1, 0.15) is 65.2 Å². The lowest BCUT2D eigenvalue weighted by atomic mass is 9.80. The van der Waals surface area contributed by atoms with E-state index in [9.17, 15) is 4.79 Å². The standard InChI is InChI=1S/C15H28N2O/c1-3-11-16-13-8-7-12-17(14(13)18)15(2)9-5-4-6-10-15/h13,16H,3-12H2,1-2H3. The minimum atomic E-state index is 0.0810. The highest BCUT2D eigenvalue weighted by atomic mass is 16.2. The number of hydrogen-bond acceptors (Lipinski definition) is 2. The summed E-state index contributed by atoms with van der Waals surface area (Å²) in [6, 6.07) is 0.0810. The van der Waals surface area contributed by atoms with Crippen LogP contribution in [0.15, 0.2) is 0 Å². The van der Waals surface area contributed by atoms with E-state index in [4.69, 9.17) is 0 Å². The molecule has 2 aliphatic rings. The van der Waals surface area contributed by atoms with Crippen LogP contribution in [0.2, 0.25) is 0 Å². The molecular weight excluding hydrogens is 224 g/mol. The average Bonchev–Trinajstić information content (AvgIpc) is 2.38. The van der Waals surface area contributed by atoms with Crippen LogP contribution in [0, 0.1) is 0 Å². The molecule has 2 fully saturated rings. The fraction of sp³-hybridized carbons (Fsp3) is 0.933. The van der Waals surface area contributed by atoms with Crippen molar-refractivity contribution in [2.24, 2.45) is 0 Å². The molecule has 0 aromatic heterocycles. The van der Waals surface area contributed by atoms with E-state index >= 15 is 0 Å². The Morgan fingerprint density at radius 2 is 2.00 bits per heavy atom. The van der Waals surface area contributed by atoms with E-state index in [0.29, 0.717) is 5.91 Å². The zero-order chi connectivity index (χ0) is 13.0. The van der Waals surface area contributed by atoms with Crippen molar-refractivity contribution in [1.29, 1.82) is 0 Å². The molecule has 0 aromatic carbocycles. The predicted molar refractivity (Wildman–Crippen MR) is 74.5 cm³/mol. The van der Waals surface area contributed by atoms with E-state index in [1.165, 1.54) is 32.1 Å². The van der Waals surface area contributed by atoms with Gasteiger partial charge in [0.25, 0.3) is 0 Å². The van der Waals surface area contributed by atoms with E-state index in [0.717, 1.165) is 32.4 Å². The molecule has 1 atom stereocenters. The molecule has 3 heteroatoms. The van der Waals surface area contributed by atoms with Gasteiger partial charge in [0.1, 0.15) is 0 Å². The number of likely N-dealkylation sites (tertiary alicyclic amines) is 1. The van der Waals surface area contributed by atoms with E-state index in [1.807, 2.05) is 0 Å². The van der Waals surface area contributed by atoms with E-state index in [-0.39, 0.29) is 11.6 Å². The fourth-order valence-corrected chi connectivity index (χ4v) is 3.50. The van der Waals surface area contributed by atoms with Gasteiger partial charge in [-0.2, -0.15) is 0 Å². The molecule has 1 heterocycles. The topological polar surface area (TPSA) is 32.3 Å². The van der Waals surface area contributed by atoms with Gasteiger partial charge in [-0.25, -0.2) is 0 Å². The molecule has 0 aromatic rings. The third-order valence-electron chi connectivity index (χ3n) is 4.66. The number of hydrogen-bond donors (Lipinski definition) is 1. The molecule has 1 saturated carbocycles. The van der Waals surface area contributed by atoms with Crippen LogP contribution >= 0.6 is 0 Å². The molecule has 2 rings (SSSR count). The molecule has 104 valence electrons. The van der Waals surface area contributed by atoms with Gasteiger partial charge in [-0.1, -0.05) is 26.2 Å². The summed E-state index contributed by atoms with van der Waals surface area (Å²) < 4.78 is 0. The Morgan fingerprint density at radius 1 is 1.28 bits per heavy atom. The zero-order valence-corrected chi connectivity index (χ0v) is 12.0. The quantitative estimate of drug-likeness (QED) is 0.834. The summed E-state index contributed by atoms with van der Waals surface area (Å²) in [6.07, 6.45) is 9.57. The molecule has 0 spiro atoms. The van der Waals surface area contributed by atoms with Gasteiger partial charge in [0.2, 0.25) is 5.91 Å². The van der Waals surface area contributed by atoms with Crippen molar-refractivity contribution in [2.75, 3.05) is 13.1 Å². The average molecular weight is 252 g/mol. The van der Waals surface area contributed by atoms with Crippen molar-refractivity contribution in [3.8, 4) is 0 Å². The summed E-state index contributed by atoms with van der Waals surface area (Å²) in [6.45, 7) is 6.38. The van der Waals surface area contributed by atoms with Crippen LogP contribution in [0.25, 0.3) is 0 Å². The minimum Gasteiger partial charge on any atom is -0.336 e. The monoisotopic (exact) mass is 252 g/mol. The largest absolute Gasteiger partial charge is 0.336 e. The highest BCUT2D eigenvalue weighted by molar-refractivity contribution is 5.83. The molecule has 1 aliphatic carbocycles. The Morgan fingerprint density at radius 3 is 2.67 bits per heavy atom. The molecular formula is C15H28N2O. The third kappa shape index (κ3) is 2.87. The van der Waals surface area contributed by atoms with Gasteiger partial charge in [-0.15, -0.1) is 0 Å². The number of carbonyl (C=O) groups excluding carboxylic acids is 1. The number of nitrogens with zero attached hydrogens (tertiary/aromatic N) is 1. The summed E-state index contributed by atoms with van der Waals surface area (Å²) in [5.41, 5.74) is 0.141. The number of nitrogens with one attached hydrogen (secondary N) is 1. The molecule has 0 bridgehead atoms. The SMILES string of the molecule is CCCNC1CCCN(C2(C)CCCCC2)C1=O. The smallest absolute Gasteiger partial charge is 0.240 e. The molecule has 3 nitrogen and oxygen atoms in total. The molecule has 1 amide bonds. The summed E-state index contributed by atoms with van der Waals surface area (Å²) in [7, 11) is 0. The van der Waals surface area contributed by atoms with Crippen molar-refractivity contribution >= 4 is 5.91 Å². The lowest BCUT2D eigenvalue weighted by molar-refractivity contribution is -0.144. The Kier molecular flexibility index (Phi) is 4.66. The van der Waals surface area contributed by atoms with Gasteiger partial charge >= 0.3 is 0 Å². The first-order valence-electron chi connectivity index (χ1n) is 7.72. The number of rotatable bonds is 4. The zero-order valence-electron chi connectivity index (χ0n) is 12.0. The van der Waals surface area contributed by atoms with E-state index < -0.39 is 0 Å². The Labute approximate surface area is 111 Å². The predicted octanol–water partition coefficient (Wildman–Crippen LogP) is 2.70. The first-order chi connectivity index (χ1) is 8.67. The molecule has 1 saturated heterocycles. The summed E-state index contributed by atoms with van der Waals surface area (Å²) in [5.74, 6) is 0.360. The van der Waals surface area contributed by atoms with Crippen LogP contribution < -0.4 is 5.32 Å². The van der Waals surface area contributed by atoms with Crippen LogP contribution in [0.3, 0.4) is 0 Å². The Bertz CT molecular complexity index is 284. The number of amides is 1. The highest BCUT2D eigenvalue weighted by Crippen LogP contribution is 2.35. The van der Waals surface area contributed by atoms with Crippen molar-refractivity contribution in [3.05, 3.63) is 0 Å². The van der Waals surface area contributed by atoms with Crippen molar-refractivity contribution in [2.45, 2.75) is 76.8 Å². The van der Waals surface area contributed by atoms with Gasteiger partial charge in [0.15, 0.2) is 0 Å². The van der Waals surface area contributed by atoms with Crippen LogP contribution in [-0.4, -0.2) is 35.5 Å². The summed E-state index contributed by atoms with van der Waals surface area (Å²) >= 11 is 0. The second-order valence-corrected chi connectivity index (χ2v) is 6.20. The fourth-order valence-electron chi connectivity index (χ4n) is 3.50. The normalized spacial score (nSPS) is 28.4. The third-order valence-corrected chi connectivity index (χ3v) is 4.66. The summed E-state index contributed by atoms with van der Waals surface area (Å²) in [5, 5.41) is 3.42. The first-order valence-corrected chi connectivity index (χ1v) is 7.72. The number of carbonyl (C=O) groups is 1. The minimum absolute atomic E-state index is 0.0810. The van der Waals surface area contributed by atoms with Crippen LogP contribution in [-0.2, 0) is 4.79 Å². The summed E-state index contributed by atoms with van der Waals surface area (Å²) in [4.78, 5) is 14.8. The second-order valence-electron chi connectivity index (χ2n) is 6.20. The molecule has 0 radical (unpaired) electrons. The van der Waals surface area contributed by atoms with Gasteiger partial charge in [0.05, 0.1) is 6.04 Å². The van der Waals surface area contributed by atoms with Gasteiger partial charge in [0, 0.05) is 12.1 Å². The Hall–Kier alpha value is -0.570. The molecule has 1 aliphatic heterocycles. The second kappa shape index (κ2) is 6.05. The van der Waals surface area contributed by atoms with Crippen LogP contribution in [0.5, 0.6) is 0 Å². The van der Waals surface area contributed by atoms with Crippen molar-refractivity contribution < 1.29 is 4.79 Å².